The second kappa shape index (κ2) is 5.47. The lowest BCUT2D eigenvalue weighted by molar-refractivity contribution is 0.0963. The van der Waals surface area contributed by atoms with E-state index >= 15 is 0 Å². The number of aryl methyl sites for hydroxylation is 1. The summed E-state index contributed by atoms with van der Waals surface area (Å²) in [5, 5.41) is 6.33. The number of anilines is 1. The zero-order chi connectivity index (χ0) is 14.9. The molecule has 1 amide bonds. The molecular formula is C17H26N2O. The highest BCUT2D eigenvalue weighted by atomic mass is 16.1. The van der Waals surface area contributed by atoms with Gasteiger partial charge in [-0.05, 0) is 54.9 Å². The highest BCUT2D eigenvalue weighted by Crippen LogP contribution is 2.42. The maximum absolute atomic E-state index is 11.6. The molecule has 1 aliphatic rings. The molecule has 110 valence electrons. The summed E-state index contributed by atoms with van der Waals surface area (Å²) < 4.78 is 0. The van der Waals surface area contributed by atoms with Gasteiger partial charge in [-0.25, -0.2) is 0 Å². The van der Waals surface area contributed by atoms with Gasteiger partial charge in [0.2, 0.25) is 0 Å². The first kappa shape index (κ1) is 14.9. The monoisotopic (exact) mass is 274 g/mol. The third-order valence-electron chi connectivity index (χ3n) is 4.39. The highest BCUT2D eigenvalue weighted by molar-refractivity contribution is 5.94. The van der Waals surface area contributed by atoms with E-state index in [0.29, 0.717) is 17.4 Å². The minimum atomic E-state index is -0.0324. The Balaban J connectivity index is 2.13. The zero-order valence-corrected chi connectivity index (χ0v) is 13.2. The first-order valence-electron chi connectivity index (χ1n) is 7.42. The smallest absolute Gasteiger partial charge is 0.251 e. The van der Waals surface area contributed by atoms with E-state index in [2.05, 4.69) is 38.3 Å². The zero-order valence-electron chi connectivity index (χ0n) is 13.2. The average molecular weight is 274 g/mol. The Kier molecular flexibility index (Phi) is 4.07. The van der Waals surface area contributed by atoms with Gasteiger partial charge in [0.15, 0.2) is 0 Å². The third kappa shape index (κ3) is 3.14. The molecule has 0 saturated heterocycles. The van der Waals surface area contributed by atoms with Crippen molar-refractivity contribution in [3.05, 3.63) is 29.3 Å². The summed E-state index contributed by atoms with van der Waals surface area (Å²) in [7, 11) is 1.66. The number of carbonyl (C=O) groups is 1. The van der Waals surface area contributed by atoms with Gasteiger partial charge < -0.3 is 10.6 Å². The molecule has 1 aromatic carbocycles. The Morgan fingerprint density at radius 2 is 2.00 bits per heavy atom. The van der Waals surface area contributed by atoms with E-state index in [4.69, 9.17) is 0 Å². The largest absolute Gasteiger partial charge is 0.382 e. The first-order chi connectivity index (χ1) is 9.32. The van der Waals surface area contributed by atoms with Crippen molar-refractivity contribution in [1.82, 2.24) is 5.32 Å². The van der Waals surface area contributed by atoms with Crippen molar-refractivity contribution >= 4 is 11.6 Å². The van der Waals surface area contributed by atoms with Crippen LogP contribution in [0.15, 0.2) is 18.2 Å². The van der Waals surface area contributed by atoms with E-state index < -0.39 is 0 Å². The van der Waals surface area contributed by atoms with Gasteiger partial charge in [0, 0.05) is 24.3 Å². The standard InChI is InChI=1S/C17H26N2O/c1-11-8-13(16(20)18-5)6-7-14(11)19-15-10-17(3,4)9-12(15)2/h6-8,12,15,19H,9-10H2,1-5H3,(H,18,20). The molecule has 0 spiro atoms. The number of hydrogen-bond donors (Lipinski definition) is 2. The maximum atomic E-state index is 11.6. The van der Waals surface area contributed by atoms with E-state index in [-0.39, 0.29) is 5.91 Å². The van der Waals surface area contributed by atoms with Crippen molar-refractivity contribution in [3.8, 4) is 0 Å². The van der Waals surface area contributed by atoms with E-state index in [9.17, 15) is 4.79 Å². The summed E-state index contributed by atoms with van der Waals surface area (Å²) in [4.78, 5) is 11.6. The first-order valence-corrected chi connectivity index (χ1v) is 7.42. The summed E-state index contributed by atoms with van der Waals surface area (Å²) in [6, 6.07) is 6.39. The molecule has 0 aromatic heterocycles. The van der Waals surface area contributed by atoms with E-state index in [1.54, 1.807) is 7.05 Å². The van der Waals surface area contributed by atoms with Gasteiger partial charge in [-0.2, -0.15) is 0 Å². The molecule has 1 aromatic rings. The molecule has 2 N–H and O–H groups in total. The van der Waals surface area contributed by atoms with Gasteiger partial charge in [0.1, 0.15) is 0 Å². The van der Waals surface area contributed by atoms with Crippen LogP contribution in [0, 0.1) is 18.3 Å². The second-order valence-corrected chi connectivity index (χ2v) is 6.91. The number of nitrogens with one attached hydrogen (secondary N) is 2. The summed E-state index contributed by atoms with van der Waals surface area (Å²) in [5.74, 6) is 0.651. The lowest BCUT2D eigenvalue weighted by Crippen LogP contribution is -2.23. The van der Waals surface area contributed by atoms with Crippen molar-refractivity contribution in [2.45, 2.75) is 46.6 Å². The molecule has 2 atom stereocenters. The number of hydrogen-bond acceptors (Lipinski definition) is 2. The number of benzene rings is 1. The van der Waals surface area contributed by atoms with E-state index in [1.165, 1.54) is 12.8 Å². The second-order valence-electron chi connectivity index (χ2n) is 6.91. The molecule has 1 saturated carbocycles. The number of rotatable bonds is 3. The van der Waals surface area contributed by atoms with Crippen LogP contribution in [0.5, 0.6) is 0 Å². The fourth-order valence-corrected chi connectivity index (χ4v) is 3.40. The average Bonchev–Trinajstić information content (AvgIpc) is 2.63. The van der Waals surface area contributed by atoms with Gasteiger partial charge in [-0.3, -0.25) is 4.79 Å². The maximum Gasteiger partial charge on any atom is 0.251 e. The Hall–Kier alpha value is -1.51. The highest BCUT2D eigenvalue weighted by Gasteiger charge is 2.36. The lowest BCUT2D eigenvalue weighted by Gasteiger charge is -2.21. The molecule has 0 radical (unpaired) electrons. The van der Waals surface area contributed by atoms with Crippen LogP contribution in [0.3, 0.4) is 0 Å². The van der Waals surface area contributed by atoms with Crippen LogP contribution < -0.4 is 10.6 Å². The molecule has 2 unspecified atom stereocenters. The van der Waals surface area contributed by atoms with Crippen molar-refractivity contribution in [3.63, 3.8) is 0 Å². The fourth-order valence-electron chi connectivity index (χ4n) is 3.40. The molecule has 1 fully saturated rings. The van der Waals surface area contributed by atoms with Crippen LogP contribution in [0.4, 0.5) is 5.69 Å². The predicted molar refractivity (Wildman–Crippen MR) is 84.2 cm³/mol. The van der Waals surface area contributed by atoms with Crippen LogP contribution in [-0.4, -0.2) is 19.0 Å². The number of amides is 1. The Labute approximate surface area is 122 Å². The molecule has 0 heterocycles. The van der Waals surface area contributed by atoms with Crippen LogP contribution in [0.25, 0.3) is 0 Å². The Morgan fingerprint density at radius 1 is 1.30 bits per heavy atom. The molecule has 0 bridgehead atoms. The Bertz CT molecular complexity index is 508. The molecule has 3 nitrogen and oxygen atoms in total. The van der Waals surface area contributed by atoms with Crippen LogP contribution in [0.2, 0.25) is 0 Å². The quantitative estimate of drug-likeness (QED) is 0.884. The van der Waals surface area contributed by atoms with Gasteiger partial charge in [-0.15, -0.1) is 0 Å². The molecule has 3 heteroatoms. The molecule has 20 heavy (non-hydrogen) atoms. The van der Waals surface area contributed by atoms with Crippen molar-refractivity contribution in [2.75, 3.05) is 12.4 Å². The molecule has 1 aliphatic carbocycles. The fraction of sp³-hybridized carbons (Fsp3) is 0.588. The van der Waals surface area contributed by atoms with Crippen LogP contribution >= 0.6 is 0 Å². The lowest BCUT2D eigenvalue weighted by atomic mass is 9.91. The van der Waals surface area contributed by atoms with Gasteiger partial charge in [0.05, 0.1) is 0 Å². The van der Waals surface area contributed by atoms with Gasteiger partial charge in [-0.1, -0.05) is 20.8 Å². The van der Waals surface area contributed by atoms with Gasteiger partial charge in [0.25, 0.3) is 5.91 Å². The van der Waals surface area contributed by atoms with Crippen LogP contribution in [0.1, 0.15) is 49.5 Å². The third-order valence-corrected chi connectivity index (χ3v) is 4.39. The SMILES string of the molecule is CNC(=O)c1ccc(NC2CC(C)(C)CC2C)c(C)c1. The molecular weight excluding hydrogens is 248 g/mol. The summed E-state index contributed by atoms with van der Waals surface area (Å²) in [6.07, 6.45) is 2.46. The van der Waals surface area contributed by atoms with Crippen molar-refractivity contribution < 1.29 is 4.79 Å². The molecule has 2 rings (SSSR count). The number of carbonyl (C=O) groups excluding carboxylic acids is 1. The van der Waals surface area contributed by atoms with E-state index in [0.717, 1.165) is 16.8 Å². The summed E-state index contributed by atoms with van der Waals surface area (Å²) >= 11 is 0. The normalized spacial score (nSPS) is 24.4. The van der Waals surface area contributed by atoms with Crippen LogP contribution in [-0.2, 0) is 0 Å². The van der Waals surface area contributed by atoms with Gasteiger partial charge >= 0.3 is 0 Å². The summed E-state index contributed by atoms with van der Waals surface area (Å²) in [5.41, 5.74) is 3.41. The predicted octanol–water partition coefficient (Wildman–Crippen LogP) is 3.59. The minimum Gasteiger partial charge on any atom is -0.382 e. The molecule has 0 aliphatic heterocycles. The topological polar surface area (TPSA) is 41.1 Å². The van der Waals surface area contributed by atoms with Crippen molar-refractivity contribution in [2.24, 2.45) is 11.3 Å². The minimum absolute atomic E-state index is 0.0324. The summed E-state index contributed by atoms with van der Waals surface area (Å²) in [6.45, 7) is 9.06. The van der Waals surface area contributed by atoms with E-state index in [1.807, 2.05) is 18.2 Å². The Morgan fingerprint density at radius 3 is 2.50 bits per heavy atom. The van der Waals surface area contributed by atoms with Crippen molar-refractivity contribution in [1.29, 1.82) is 0 Å².